The number of rotatable bonds is 6. The second-order valence-corrected chi connectivity index (χ2v) is 6.88. The lowest BCUT2D eigenvalue weighted by molar-refractivity contribution is -0.105. The van der Waals surface area contributed by atoms with Crippen LogP contribution in [-0.2, 0) is 4.74 Å². The van der Waals surface area contributed by atoms with Gasteiger partial charge in [-0.1, -0.05) is 27.2 Å². The summed E-state index contributed by atoms with van der Waals surface area (Å²) in [5.74, 6) is 0.712. The van der Waals surface area contributed by atoms with E-state index in [1.165, 1.54) is 38.6 Å². The molecule has 1 saturated carbocycles. The predicted molar refractivity (Wildman–Crippen MR) is 80.5 cm³/mol. The zero-order valence-corrected chi connectivity index (χ0v) is 13.2. The highest BCUT2D eigenvalue weighted by atomic mass is 16.5. The number of piperazine rings is 1. The summed E-state index contributed by atoms with van der Waals surface area (Å²) in [6.45, 7) is 10.4. The van der Waals surface area contributed by atoms with E-state index < -0.39 is 0 Å². The zero-order valence-electron chi connectivity index (χ0n) is 13.2. The standard InChI is InChI=1S/C16H32N2O/c1-5-7-14-11-18(15(10-17-14)13(2)3)12-16(19-4)8-6-9-16/h13-15,17H,5-12H2,1-4H3. The summed E-state index contributed by atoms with van der Waals surface area (Å²) in [7, 11) is 1.90. The zero-order chi connectivity index (χ0) is 13.9. The van der Waals surface area contributed by atoms with E-state index in [0.717, 1.165) is 13.1 Å². The van der Waals surface area contributed by atoms with E-state index >= 15 is 0 Å². The lowest BCUT2D eigenvalue weighted by atomic mass is 9.78. The van der Waals surface area contributed by atoms with E-state index in [1.807, 2.05) is 7.11 Å². The summed E-state index contributed by atoms with van der Waals surface area (Å²) in [6.07, 6.45) is 6.40. The molecule has 0 aromatic carbocycles. The first-order valence-corrected chi connectivity index (χ1v) is 8.13. The molecule has 0 bridgehead atoms. The smallest absolute Gasteiger partial charge is 0.0805 e. The molecule has 1 heterocycles. The molecule has 0 spiro atoms. The van der Waals surface area contributed by atoms with E-state index in [1.54, 1.807) is 0 Å². The molecule has 19 heavy (non-hydrogen) atoms. The summed E-state index contributed by atoms with van der Waals surface area (Å²) in [4.78, 5) is 2.71. The molecule has 0 aromatic heterocycles. The van der Waals surface area contributed by atoms with Crippen molar-refractivity contribution >= 4 is 0 Å². The fourth-order valence-corrected chi connectivity index (χ4v) is 3.65. The van der Waals surface area contributed by atoms with E-state index in [4.69, 9.17) is 4.74 Å². The highest BCUT2D eigenvalue weighted by Gasteiger charge is 2.41. The Hall–Kier alpha value is -0.120. The minimum atomic E-state index is 0.168. The lowest BCUT2D eigenvalue weighted by Gasteiger charge is -2.49. The van der Waals surface area contributed by atoms with Gasteiger partial charge in [0.1, 0.15) is 0 Å². The fourth-order valence-electron chi connectivity index (χ4n) is 3.65. The first-order chi connectivity index (χ1) is 9.10. The number of hydrogen-bond donors (Lipinski definition) is 1. The monoisotopic (exact) mass is 268 g/mol. The van der Waals surface area contributed by atoms with Crippen LogP contribution >= 0.6 is 0 Å². The van der Waals surface area contributed by atoms with Crippen LogP contribution in [0.1, 0.15) is 52.9 Å². The normalized spacial score (nSPS) is 31.4. The van der Waals surface area contributed by atoms with Crippen molar-refractivity contribution < 1.29 is 4.74 Å². The van der Waals surface area contributed by atoms with Crippen LogP contribution < -0.4 is 5.32 Å². The number of methoxy groups -OCH3 is 1. The molecule has 3 nitrogen and oxygen atoms in total. The Morgan fingerprint density at radius 3 is 2.58 bits per heavy atom. The Morgan fingerprint density at radius 1 is 1.37 bits per heavy atom. The number of hydrogen-bond acceptors (Lipinski definition) is 3. The van der Waals surface area contributed by atoms with Crippen molar-refractivity contribution in [2.45, 2.75) is 70.6 Å². The van der Waals surface area contributed by atoms with E-state index in [-0.39, 0.29) is 5.60 Å². The molecule has 1 aliphatic carbocycles. The highest BCUT2D eigenvalue weighted by molar-refractivity contribution is 4.97. The SMILES string of the molecule is CCCC1CN(CC2(OC)CCC2)C(C(C)C)CN1. The van der Waals surface area contributed by atoms with Gasteiger partial charge in [0.05, 0.1) is 5.60 Å². The van der Waals surface area contributed by atoms with Crippen LogP contribution in [0, 0.1) is 5.92 Å². The maximum atomic E-state index is 5.84. The molecule has 2 fully saturated rings. The highest BCUT2D eigenvalue weighted by Crippen LogP contribution is 2.37. The van der Waals surface area contributed by atoms with E-state index in [0.29, 0.717) is 18.0 Å². The van der Waals surface area contributed by atoms with Crippen molar-refractivity contribution in [3.8, 4) is 0 Å². The van der Waals surface area contributed by atoms with E-state index in [9.17, 15) is 0 Å². The third-order valence-electron chi connectivity index (χ3n) is 5.14. The second-order valence-electron chi connectivity index (χ2n) is 6.88. The molecule has 1 N–H and O–H groups in total. The molecule has 2 rings (SSSR count). The number of ether oxygens (including phenoxy) is 1. The van der Waals surface area contributed by atoms with Crippen molar-refractivity contribution in [1.82, 2.24) is 10.2 Å². The predicted octanol–water partition coefficient (Wildman–Crippen LogP) is 2.65. The molecular formula is C16H32N2O. The molecular weight excluding hydrogens is 236 g/mol. The van der Waals surface area contributed by atoms with Gasteiger partial charge in [0.2, 0.25) is 0 Å². The van der Waals surface area contributed by atoms with Crippen LogP contribution in [0.3, 0.4) is 0 Å². The van der Waals surface area contributed by atoms with Gasteiger partial charge in [-0.2, -0.15) is 0 Å². The Bertz CT molecular complexity index is 270. The van der Waals surface area contributed by atoms with E-state index in [2.05, 4.69) is 31.0 Å². The van der Waals surface area contributed by atoms with Crippen LogP contribution in [0.4, 0.5) is 0 Å². The Balaban J connectivity index is 1.98. The number of nitrogens with zero attached hydrogens (tertiary/aromatic N) is 1. The average Bonchev–Trinajstić information content (AvgIpc) is 2.34. The number of nitrogens with one attached hydrogen (secondary N) is 1. The third kappa shape index (κ3) is 3.50. The topological polar surface area (TPSA) is 24.5 Å². The van der Waals surface area contributed by atoms with Gasteiger partial charge < -0.3 is 10.1 Å². The summed E-state index contributed by atoms with van der Waals surface area (Å²) in [5.41, 5.74) is 0.168. The van der Waals surface area contributed by atoms with Gasteiger partial charge >= 0.3 is 0 Å². The molecule has 3 heteroatoms. The van der Waals surface area contributed by atoms with Gasteiger partial charge in [-0.25, -0.2) is 0 Å². The van der Waals surface area contributed by atoms with Gasteiger partial charge in [0.15, 0.2) is 0 Å². The van der Waals surface area contributed by atoms with Crippen LogP contribution in [0.15, 0.2) is 0 Å². The summed E-state index contributed by atoms with van der Waals surface area (Å²) in [6, 6.07) is 1.34. The van der Waals surface area contributed by atoms with Gasteiger partial charge in [0, 0.05) is 38.8 Å². The molecule has 0 amide bonds. The van der Waals surface area contributed by atoms with Crippen LogP contribution in [-0.4, -0.2) is 49.3 Å². The second kappa shape index (κ2) is 6.55. The van der Waals surface area contributed by atoms with Crippen molar-refractivity contribution in [2.75, 3.05) is 26.7 Å². The first kappa shape index (κ1) is 15.3. The molecule has 112 valence electrons. The molecule has 0 aromatic rings. The van der Waals surface area contributed by atoms with Gasteiger partial charge in [-0.3, -0.25) is 4.90 Å². The van der Waals surface area contributed by atoms with Crippen LogP contribution in [0.2, 0.25) is 0 Å². The molecule has 1 aliphatic heterocycles. The van der Waals surface area contributed by atoms with Crippen LogP contribution in [0.25, 0.3) is 0 Å². The summed E-state index contributed by atoms with van der Waals surface area (Å²) in [5, 5.41) is 3.74. The molecule has 0 radical (unpaired) electrons. The maximum Gasteiger partial charge on any atom is 0.0805 e. The van der Waals surface area contributed by atoms with Crippen LogP contribution in [0.5, 0.6) is 0 Å². The Morgan fingerprint density at radius 2 is 2.11 bits per heavy atom. The largest absolute Gasteiger partial charge is 0.377 e. The quantitative estimate of drug-likeness (QED) is 0.801. The van der Waals surface area contributed by atoms with Crippen molar-refractivity contribution in [2.24, 2.45) is 5.92 Å². The third-order valence-corrected chi connectivity index (χ3v) is 5.14. The summed E-state index contributed by atoms with van der Waals surface area (Å²) >= 11 is 0. The fraction of sp³-hybridized carbons (Fsp3) is 1.00. The maximum absolute atomic E-state index is 5.84. The minimum absolute atomic E-state index is 0.168. The van der Waals surface area contributed by atoms with Crippen molar-refractivity contribution in [3.63, 3.8) is 0 Å². The molecule has 2 aliphatic rings. The first-order valence-electron chi connectivity index (χ1n) is 8.13. The molecule has 1 saturated heterocycles. The van der Waals surface area contributed by atoms with Gasteiger partial charge in [0.25, 0.3) is 0 Å². The molecule has 2 atom stereocenters. The van der Waals surface area contributed by atoms with Crippen molar-refractivity contribution in [1.29, 1.82) is 0 Å². The summed E-state index contributed by atoms with van der Waals surface area (Å²) < 4.78 is 5.84. The van der Waals surface area contributed by atoms with Crippen molar-refractivity contribution in [3.05, 3.63) is 0 Å². The Labute approximate surface area is 119 Å². The minimum Gasteiger partial charge on any atom is -0.377 e. The van der Waals surface area contributed by atoms with Gasteiger partial charge in [-0.05, 0) is 31.6 Å². The average molecular weight is 268 g/mol. The Kier molecular flexibility index (Phi) is 5.27. The van der Waals surface area contributed by atoms with Gasteiger partial charge in [-0.15, -0.1) is 0 Å². The lowest BCUT2D eigenvalue weighted by Crippen LogP contribution is -2.62. The molecule has 2 unspecified atom stereocenters.